The monoisotopic (exact) mass is 368 g/mol. The molecular formula is C22H25FN2O2. The van der Waals surface area contributed by atoms with Crippen molar-refractivity contribution in [2.45, 2.75) is 33.6 Å². The van der Waals surface area contributed by atoms with Crippen LogP contribution in [0.3, 0.4) is 0 Å². The lowest BCUT2D eigenvalue weighted by molar-refractivity contribution is -0.121. The predicted molar refractivity (Wildman–Crippen MR) is 104 cm³/mol. The number of hydrogen-bond acceptors (Lipinski definition) is 2. The molecule has 0 spiro atoms. The number of hydrogen-bond donors (Lipinski definition) is 1. The van der Waals surface area contributed by atoms with E-state index in [1.54, 1.807) is 17.0 Å². The van der Waals surface area contributed by atoms with Crippen molar-refractivity contribution in [2.75, 3.05) is 18.4 Å². The number of piperidine rings is 1. The number of nitrogens with zero attached hydrogens (tertiary/aromatic N) is 1. The van der Waals surface area contributed by atoms with E-state index in [4.69, 9.17) is 0 Å². The van der Waals surface area contributed by atoms with Crippen molar-refractivity contribution >= 4 is 17.5 Å². The topological polar surface area (TPSA) is 49.4 Å². The van der Waals surface area contributed by atoms with Gasteiger partial charge in [-0.25, -0.2) is 4.39 Å². The lowest BCUT2D eigenvalue weighted by Crippen LogP contribution is -2.44. The Morgan fingerprint density at radius 3 is 2.44 bits per heavy atom. The van der Waals surface area contributed by atoms with Crippen molar-refractivity contribution in [1.82, 2.24) is 4.90 Å². The average molecular weight is 368 g/mol. The van der Waals surface area contributed by atoms with Crippen LogP contribution in [0.15, 0.2) is 36.4 Å². The number of benzene rings is 2. The summed E-state index contributed by atoms with van der Waals surface area (Å²) in [4.78, 5) is 27.0. The molecule has 1 aliphatic rings. The van der Waals surface area contributed by atoms with E-state index in [-0.39, 0.29) is 23.3 Å². The summed E-state index contributed by atoms with van der Waals surface area (Å²) < 4.78 is 13.9. The summed E-state index contributed by atoms with van der Waals surface area (Å²) >= 11 is 0. The van der Waals surface area contributed by atoms with Crippen molar-refractivity contribution in [3.05, 3.63) is 64.5 Å². The lowest BCUT2D eigenvalue weighted by Gasteiger charge is -2.32. The molecule has 1 heterocycles. The largest absolute Gasteiger partial charge is 0.338 e. The van der Waals surface area contributed by atoms with Crippen LogP contribution in [0.2, 0.25) is 0 Å². The standard InChI is InChI=1S/C22H25FN2O2/c1-14-11-15(2)20(16(3)12-14)24-21(26)17-7-6-10-25(13-17)22(27)18-8-4-5-9-19(18)23/h4-5,8-9,11-12,17H,6-7,10,13H2,1-3H3,(H,24,26)/t17-/m0/s1. The van der Waals surface area contributed by atoms with E-state index in [2.05, 4.69) is 5.32 Å². The first-order valence-electron chi connectivity index (χ1n) is 9.29. The molecule has 2 amide bonds. The van der Waals surface area contributed by atoms with Crippen LogP contribution in [0.25, 0.3) is 0 Å². The minimum atomic E-state index is -0.528. The number of halogens is 1. The molecule has 1 saturated heterocycles. The summed E-state index contributed by atoms with van der Waals surface area (Å²) in [5.41, 5.74) is 4.10. The zero-order valence-electron chi connectivity index (χ0n) is 16.0. The van der Waals surface area contributed by atoms with Crippen molar-refractivity contribution in [3.8, 4) is 0 Å². The molecule has 1 aliphatic heterocycles. The molecule has 1 atom stereocenters. The van der Waals surface area contributed by atoms with E-state index < -0.39 is 5.82 Å². The first-order chi connectivity index (χ1) is 12.9. The van der Waals surface area contributed by atoms with Crippen LogP contribution in [0.4, 0.5) is 10.1 Å². The SMILES string of the molecule is Cc1cc(C)c(NC(=O)[C@H]2CCCN(C(=O)c3ccccc3F)C2)c(C)c1. The minimum absolute atomic E-state index is 0.0591. The molecule has 1 N–H and O–H groups in total. The molecule has 0 unspecified atom stereocenters. The first-order valence-corrected chi connectivity index (χ1v) is 9.29. The molecular weight excluding hydrogens is 343 g/mol. The molecule has 27 heavy (non-hydrogen) atoms. The van der Waals surface area contributed by atoms with E-state index in [0.717, 1.165) is 35.2 Å². The number of nitrogens with one attached hydrogen (secondary N) is 1. The maximum atomic E-state index is 13.9. The summed E-state index contributed by atoms with van der Waals surface area (Å²) in [5, 5.41) is 3.04. The van der Waals surface area contributed by atoms with Gasteiger partial charge >= 0.3 is 0 Å². The molecule has 0 saturated carbocycles. The summed E-state index contributed by atoms with van der Waals surface area (Å²) in [6.07, 6.45) is 1.45. The third kappa shape index (κ3) is 4.18. The zero-order valence-corrected chi connectivity index (χ0v) is 16.0. The zero-order chi connectivity index (χ0) is 19.6. The highest BCUT2D eigenvalue weighted by molar-refractivity contribution is 5.97. The van der Waals surface area contributed by atoms with Gasteiger partial charge in [-0.1, -0.05) is 29.8 Å². The first kappa shape index (κ1) is 19.1. The van der Waals surface area contributed by atoms with Gasteiger partial charge in [-0.2, -0.15) is 0 Å². The Hall–Kier alpha value is -2.69. The fourth-order valence-electron chi connectivity index (χ4n) is 3.78. The van der Waals surface area contributed by atoms with E-state index in [0.29, 0.717) is 13.1 Å². The summed E-state index contributed by atoms with van der Waals surface area (Å²) in [5.74, 6) is -1.26. The molecule has 2 aromatic carbocycles. The molecule has 3 rings (SSSR count). The van der Waals surface area contributed by atoms with Crippen LogP contribution in [0, 0.1) is 32.5 Å². The van der Waals surface area contributed by atoms with E-state index >= 15 is 0 Å². The number of carbonyl (C=O) groups excluding carboxylic acids is 2. The normalized spacial score (nSPS) is 16.9. The highest BCUT2D eigenvalue weighted by atomic mass is 19.1. The van der Waals surface area contributed by atoms with Gasteiger partial charge in [0.05, 0.1) is 11.5 Å². The Morgan fingerprint density at radius 1 is 1.11 bits per heavy atom. The van der Waals surface area contributed by atoms with Crippen LogP contribution < -0.4 is 5.32 Å². The van der Waals surface area contributed by atoms with Crippen LogP contribution in [-0.2, 0) is 4.79 Å². The van der Waals surface area contributed by atoms with Gasteiger partial charge in [0.15, 0.2) is 0 Å². The van der Waals surface area contributed by atoms with E-state index in [1.807, 2.05) is 32.9 Å². The molecule has 0 aromatic heterocycles. The Kier molecular flexibility index (Phi) is 5.59. The average Bonchev–Trinajstić information content (AvgIpc) is 2.64. The van der Waals surface area contributed by atoms with Crippen LogP contribution in [0.5, 0.6) is 0 Å². The van der Waals surface area contributed by atoms with Crippen LogP contribution in [-0.4, -0.2) is 29.8 Å². The third-order valence-corrected chi connectivity index (χ3v) is 5.11. The third-order valence-electron chi connectivity index (χ3n) is 5.11. The number of aryl methyl sites for hydroxylation is 3. The summed E-state index contributed by atoms with van der Waals surface area (Å²) in [7, 11) is 0. The highest BCUT2D eigenvalue weighted by Gasteiger charge is 2.30. The molecule has 0 aliphatic carbocycles. The van der Waals surface area contributed by atoms with Gasteiger partial charge in [0.25, 0.3) is 5.91 Å². The Labute approximate surface area is 159 Å². The Bertz CT molecular complexity index is 855. The lowest BCUT2D eigenvalue weighted by atomic mass is 9.95. The minimum Gasteiger partial charge on any atom is -0.338 e. The maximum Gasteiger partial charge on any atom is 0.256 e. The number of carbonyl (C=O) groups is 2. The number of likely N-dealkylation sites (tertiary alicyclic amines) is 1. The second-order valence-electron chi connectivity index (χ2n) is 7.33. The highest BCUT2D eigenvalue weighted by Crippen LogP contribution is 2.25. The summed E-state index contributed by atoms with van der Waals surface area (Å²) in [6.45, 7) is 6.83. The van der Waals surface area contributed by atoms with Gasteiger partial charge in [0.1, 0.15) is 5.82 Å². The quantitative estimate of drug-likeness (QED) is 0.881. The van der Waals surface area contributed by atoms with Crippen LogP contribution in [0.1, 0.15) is 39.9 Å². The maximum absolute atomic E-state index is 13.9. The van der Waals surface area contributed by atoms with Crippen molar-refractivity contribution < 1.29 is 14.0 Å². The van der Waals surface area contributed by atoms with Crippen molar-refractivity contribution in [2.24, 2.45) is 5.92 Å². The van der Waals surface area contributed by atoms with E-state index in [1.165, 1.54) is 12.1 Å². The Balaban J connectivity index is 1.72. The van der Waals surface area contributed by atoms with Gasteiger partial charge in [-0.3, -0.25) is 9.59 Å². The van der Waals surface area contributed by atoms with Crippen LogP contribution >= 0.6 is 0 Å². The fourth-order valence-corrected chi connectivity index (χ4v) is 3.78. The van der Waals surface area contributed by atoms with Crippen molar-refractivity contribution in [1.29, 1.82) is 0 Å². The number of amides is 2. The van der Waals surface area contributed by atoms with Gasteiger partial charge in [0.2, 0.25) is 5.91 Å². The molecule has 142 valence electrons. The number of rotatable bonds is 3. The van der Waals surface area contributed by atoms with Gasteiger partial charge in [-0.15, -0.1) is 0 Å². The molecule has 1 fully saturated rings. The molecule has 0 bridgehead atoms. The summed E-state index contributed by atoms with van der Waals surface area (Å²) in [6, 6.07) is 10.1. The second-order valence-corrected chi connectivity index (χ2v) is 7.33. The molecule has 4 nitrogen and oxygen atoms in total. The number of anilines is 1. The van der Waals surface area contributed by atoms with E-state index in [9.17, 15) is 14.0 Å². The predicted octanol–water partition coefficient (Wildman–Crippen LogP) is 4.24. The molecule has 2 aromatic rings. The second kappa shape index (κ2) is 7.91. The molecule has 5 heteroatoms. The van der Waals surface area contributed by atoms with Crippen molar-refractivity contribution in [3.63, 3.8) is 0 Å². The smallest absolute Gasteiger partial charge is 0.256 e. The van der Waals surface area contributed by atoms with Gasteiger partial charge < -0.3 is 10.2 Å². The fraction of sp³-hybridized carbons (Fsp3) is 0.364. The molecule has 0 radical (unpaired) electrons. The van der Waals surface area contributed by atoms with Gasteiger partial charge in [0, 0.05) is 18.8 Å². The Morgan fingerprint density at radius 2 is 1.78 bits per heavy atom. The van der Waals surface area contributed by atoms with Gasteiger partial charge in [-0.05, 0) is 56.9 Å².